The van der Waals surface area contributed by atoms with Crippen molar-refractivity contribution in [3.8, 4) is 6.07 Å². The third-order valence-electron chi connectivity index (χ3n) is 1.55. The monoisotopic (exact) mass is 191 g/mol. The van der Waals surface area contributed by atoms with Crippen LogP contribution in [0.15, 0.2) is 12.3 Å². The van der Waals surface area contributed by atoms with Gasteiger partial charge >= 0.3 is 0 Å². The average molecular weight is 191 g/mol. The van der Waals surface area contributed by atoms with Crippen LogP contribution in [0.3, 0.4) is 0 Å². The first-order chi connectivity index (χ1) is 6.63. The minimum atomic E-state index is -0.531. The molecule has 3 N–H and O–H groups in total. The molecule has 0 saturated carbocycles. The molecule has 72 valence electrons. The van der Waals surface area contributed by atoms with Gasteiger partial charge in [-0.05, 0) is 13.0 Å². The first-order valence-corrected chi connectivity index (χ1v) is 3.92. The molecular weight excluding hydrogens is 182 g/mol. The number of nitriles is 1. The lowest BCUT2D eigenvalue weighted by molar-refractivity contribution is -0.118. The van der Waals surface area contributed by atoms with Gasteiger partial charge in [-0.25, -0.2) is 9.97 Å². The van der Waals surface area contributed by atoms with Crippen molar-refractivity contribution in [2.75, 3.05) is 5.32 Å². The van der Waals surface area contributed by atoms with Gasteiger partial charge < -0.3 is 11.1 Å². The molecule has 1 heterocycles. The quantitative estimate of drug-likeness (QED) is 0.678. The number of hydrogen-bond acceptors (Lipinski definition) is 5. The maximum absolute atomic E-state index is 10.7. The molecule has 1 amide bonds. The van der Waals surface area contributed by atoms with Crippen LogP contribution in [0.1, 0.15) is 12.7 Å². The summed E-state index contributed by atoms with van der Waals surface area (Å²) in [6.07, 6.45) is 1.43. The van der Waals surface area contributed by atoms with Gasteiger partial charge in [0.25, 0.3) is 0 Å². The van der Waals surface area contributed by atoms with E-state index in [1.54, 1.807) is 19.1 Å². The Morgan fingerprint density at radius 3 is 3.07 bits per heavy atom. The summed E-state index contributed by atoms with van der Waals surface area (Å²) in [5.41, 5.74) is 5.04. The minimum Gasteiger partial charge on any atom is -0.368 e. The lowest BCUT2D eigenvalue weighted by Crippen LogP contribution is -2.32. The van der Waals surface area contributed by atoms with Crippen molar-refractivity contribution in [3.05, 3.63) is 18.1 Å². The Balaban J connectivity index is 2.78. The zero-order valence-electron chi connectivity index (χ0n) is 7.56. The molecule has 0 aliphatic rings. The highest BCUT2D eigenvalue weighted by molar-refractivity contribution is 5.82. The number of amides is 1. The van der Waals surface area contributed by atoms with E-state index in [1.807, 2.05) is 0 Å². The number of aromatic nitrogens is 2. The van der Waals surface area contributed by atoms with Gasteiger partial charge in [0.1, 0.15) is 17.9 Å². The molecule has 0 saturated heterocycles. The van der Waals surface area contributed by atoms with Crippen LogP contribution in [0.4, 0.5) is 5.82 Å². The molecule has 0 spiro atoms. The fourth-order valence-corrected chi connectivity index (χ4v) is 0.786. The summed E-state index contributed by atoms with van der Waals surface area (Å²) in [6.45, 7) is 1.61. The Hall–Kier alpha value is -2.16. The normalized spacial score (nSPS) is 11.4. The van der Waals surface area contributed by atoms with Gasteiger partial charge in [0, 0.05) is 6.20 Å². The summed E-state index contributed by atoms with van der Waals surface area (Å²) < 4.78 is 0. The second-order valence-electron chi connectivity index (χ2n) is 2.65. The first kappa shape index (κ1) is 9.92. The number of nitrogens with zero attached hydrogens (tertiary/aromatic N) is 3. The van der Waals surface area contributed by atoms with Crippen LogP contribution in [0, 0.1) is 11.3 Å². The van der Waals surface area contributed by atoms with Crippen LogP contribution in [-0.4, -0.2) is 21.9 Å². The number of nitrogens with two attached hydrogens (primary N) is 1. The maximum atomic E-state index is 10.7. The van der Waals surface area contributed by atoms with Gasteiger partial charge in [-0.3, -0.25) is 4.79 Å². The highest BCUT2D eigenvalue weighted by atomic mass is 16.1. The van der Waals surface area contributed by atoms with Gasteiger partial charge in [-0.2, -0.15) is 5.26 Å². The minimum absolute atomic E-state index is 0.0478. The van der Waals surface area contributed by atoms with Crippen molar-refractivity contribution in [1.82, 2.24) is 9.97 Å². The van der Waals surface area contributed by atoms with E-state index in [0.29, 0.717) is 5.82 Å². The topological polar surface area (TPSA) is 105 Å². The van der Waals surface area contributed by atoms with E-state index in [0.717, 1.165) is 0 Å². The number of nitrogens with one attached hydrogen (secondary N) is 1. The van der Waals surface area contributed by atoms with E-state index in [1.165, 1.54) is 6.20 Å². The van der Waals surface area contributed by atoms with Crippen molar-refractivity contribution in [3.63, 3.8) is 0 Å². The Morgan fingerprint density at radius 2 is 2.50 bits per heavy atom. The summed E-state index contributed by atoms with van der Waals surface area (Å²) in [7, 11) is 0. The van der Waals surface area contributed by atoms with Gasteiger partial charge in [-0.15, -0.1) is 0 Å². The Bertz CT molecular complexity index is 384. The molecule has 1 unspecified atom stereocenters. The molecule has 1 atom stereocenters. The number of carbonyl (C=O) groups is 1. The summed E-state index contributed by atoms with van der Waals surface area (Å²) >= 11 is 0. The number of primary amides is 1. The van der Waals surface area contributed by atoms with Crippen LogP contribution in [0.5, 0.6) is 0 Å². The molecule has 0 aliphatic carbocycles. The number of carbonyl (C=O) groups excluding carboxylic acids is 1. The molecule has 0 radical (unpaired) electrons. The Morgan fingerprint density at radius 1 is 1.79 bits per heavy atom. The second-order valence-corrected chi connectivity index (χ2v) is 2.65. The van der Waals surface area contributed by atoms with Crippen molar-refractivity contribution in [2.24, 2.45) is 5.73 Å². The van der Waals surface area contributed by atoms with Gasteiger partial charge in [0.15, 0.2) is 0 Å². The van der Waals surface area contributed by atoms with Crippen molar-refractivity contribution in [2.45, 2.75) is 13.0 Å². The maximum Gasteiger partial charge on any atom is 0.239 e. The van der Waals surface area contributed by atoms with E-state index < -0.39 is 11.9 Å². The summed E-state index contributed by atoms with van der Waals surface area (Å²) in [5, 5.41) is 11.3. The first-order valence-electron chi connectivity index (χ1n) is 3.92. The molecule has 1 aromatic rings. The lowest BCUT2D eigenvalue weighted by atomic mass is 10.3. The van der Waals surface area contributed by atoms with Crippen LogP contribution in [0.25, 0.3) is 0 Å². The zero-order chi connectivity index (χ0) is 10.6. The summed E-state index contributed by atoms with van der Waals surface area (Å²) in [6, 6.07) is 2.82. The molecule has 0 aliphatic heterocycles. The molecule has 14 heavy (non-hydrogen) atoms. The molecule has 1 aromatic heterocycles. The number of anilines is 1. The lowest BCUT2D eigenvalue weighted by Gasteiger charge is -2.09. The summed E-state index contributed by atoms with van der Waals surface area (Å²) in [4.78, 5) is 18.2. The van der Waals surface area contributed by atoms with Gasteiger partial charge in [0.2, 0.25) is 11.7 Å². The van der Waals surface area contributed by atoms with Crippen LogP contribution < -0.4 is 11.1 Å². The van der Waals surface area contributed by atoms with E-state index in [9.17, 15) is 4.79 Å². The largest absolute Gasteiger partial charge is 0.368 e. The molecule has 6 heteroatoms. The van der Waals surface area contributed by atoms with Crippen LogP contribution in [-0.2, 0) is 4.79 Å². The van der Waals surface area contributed by atoms with Gasteiger partial charge in [-0.1, -0.05) is 0 Å². The Kier molecular flexibility index (Phi) is 2.97. The molecule has 0 aromatic carbocycles. The predicted octanol–water partition coefficient (Wildman–Crippen LogP) is -0.366. The Labute approximate surface area is 80.8 Å². The standard InChI is InChI=1S/C8H9N5O/c1-5(8(10)14)12-6-2-3-11-7(4-9)13-6/h2-3,5H,1H3,(H2,10,14)(H,11,12,13). The van der Waals surface area contributed by atoms with Crippen LogP contribution in [0.2, 0.25) is 0 Å². The third kappa shape index (κ3) is 2.42. The van der Waals surface area contributed by atoms with Crippen molar-refractivity contribution < 1.29 is 4.79 Å². The molecule has 6 nitrogen and oxygen atoms in total. The highest BCUT2D eigenvalue weighted by Gasteiger charge is 2.08. The molecule has 0 fully saturated rings. The summed E-state index contributed by atoms with van der Waals surface area (Å²) in [5.74, 6) is -0.0309. The zero-order valence-corrected chi connectivity index (χ0v) is 7.56. The highest BCUT2D eigenvalue weighted by Crippen LogP contribution is 2.02. The molecule has 0 bridgehead atoms. The van der Waals surface area contributed by atoms with Crippen molar-refractivity contribution in [1.29, 1.82) is 5.26 Å². The number of hydrogen-bond donors (Lipinski definition) is 2. The van der Waals surface area contributed by atoms with E-state index in [4.69, 9.17) is 11.0 Å². The smallest absolute Gasteiger partial charge is 0.239 e. The van der Waals surface area contributed by atoms with E-state index in [2.05, 4.69) is 15.3 Å². The average Bonchev–Trinajstić information content (AvgIpc) is 2.18. The predicted molar refractivity (Wildman–Crippen MR) is 49.0 cm³/mol. The van der Waals surface area contributed by atoms with Gasteiger partial charge in [0.05, 0.1) is 0 Å². The fraction of sp³-hybridized carbons (Fsp3) is 0.250. The molecule has 1 rings (SSSR count). The molecular formula is C8H9N5O. The SMILES string of the molecule is CC(Nc1ccnc(C#N)n1)C(N)=O. The van der Waals surface area contributed by atoms with E-state index in [-0.39, 0.29) is 5.82 Å². The van der Waals surface area contributed by atoms with Crippen LogP contribution >= 0.6 is 0 Å². The number of rotatable bonds is 3. The van der Waals surface area contributed by atoms with Crippen molar-refractivity contribution >= 4 is 11.7 Å². The second kappa shape index (κ2) is 4.18. The van der Waals surface area contributed by atoms with E-state index >= 15 is 0 Å². The third-order valence-corrected chi connectivity index (χ3v) is 1.55. The fourth-order valence-electron chi connectivity index (χ4n) is 0.786.